The standard InChI is InChI=1S/C22H27N7O2/c1-26-8-9-27(15-18-4-2-3-7-23-18)16-19(26)21-25-24-20-6-5-17(14-29(20)21)22(30)28-10-12-31-13-11-28/h2-7,14,19H,8-13,15-16H2,1H3. The number of morpholine rings is 1. The van der Waals surface area contributed by atoms with E-state index >= 15 is 0 Å². The summed E-state index contributed by atoms with van der Waals surface area (Å²) in [7, 11) is 2.12. The van der Waals surface area contributed by atoms with Crippen molar-refractivity contribution in [1.82, 2.24) is 34.3 Å². The topological polar surface area (TPSA) is 79.1 Å². The molecule has 0 saturated carbocycles. The van der Waals surface area contributed by atoms with Crippen LogP contribution in [0, 0.1) is 0 Å². The van der Waals surface area contributed by atoms with Gasteiger partial charge in [0.25, 0.3) is 5.91 Å². The zero-order valence-corrected chi connectivity index (χ0v) is 17.7. The molecule has 1 atom stereocenters. The predicted octanol–water partition coefficient (Wildman–Crippen LogP) is 1.09. The Labute approximate surface area is 181 Å². The van der Waals surface area contributed by atoms with E-state index < -0.39 is 0 Å². The Morgan fingerprint density at radius 3 is 2.77 bits per heavy atom. The summed E-state index contributed by atoms with van der Waals surface area (Å²) in [4.78, 5) is 24.0. The maximum Gasteiger partial charge on any atom is 0.255 e. The van der Waals surface area contributed by atoms with Crippen molar-refractivity contribution < 1.29 is 9.53 Å². The van der Waals surface area contributed by atoms with Crippen molar-refractivity contribution in [3.05, 3.63) is 59.8 Å². The quantitative estimate of drug-likeness (QED) is 0.624. The van der Waals surface area contributed by atoms with Crippen molar-refractivity contribution in [2.45, 2.75) is 12.6 Å². The molecule has 2 saturated heterocycles. The summed E-state index contributed by atoms with van der Waals surface area (Å²) in [6.07, 6.45) is 3.72. The zero-order valence-electron chi connectivity index (χ0n) is 17.7. The summed E-state index contributed by atoms with van der Waals surface area (Å²) in [5.41, 5.74) is 2.47. The second-order valence-corrected chi connectivity index (χ2v) is 8.16. The molecule has 9 nitrogen and oxygen atoms in total. The number of pyridine rings is 2. The van der Waals surface area contributed by atoms with Crippen LogP contribution in [0.3, 0.4) is 0 Å². The van der Waals surface area contributed by atoms with Crippen LogP contribution >= 0.6 is 0 Å². The molecule has 0 bridgehead atoms. The van der Waals surface area contributed by atoms with Gasteiger partial charge in [-0.15, -0.1) is 10.2 Å². The number of rotatable bonds is 4. The molecule has 2 aliphatic heterocycles. The minimum absolute atomic E-state index is 0.0265. The molecule has 5 rings (SSSR count). The second-order valence-electron chi connectivity index (χ2n) is 8.16. The molecule has 1 unspecified atom stereocenters. The molecule has 2 aliphatic rings. The number of likely N-dealkylation sites (N-methyl/N-ethyl adjacent to an activating group) is 1. The Bertz CT molecular complexity index is 1050. The van der Waals surface area contributed by atoms with E-state index in [1.54, 1.807) is 0 Å². The minimum Gasteiger partial charge on any atom is -0.378 e. The number of piperazine rings is 1. The smallest absolute Gasteiger partial charge is 0.255 e. The van der Waals surface area contributed by atoms with Crippen molar-refractivity contribution in [3.63, 3.8) is 0 Å². The van der Waals surface area contributed by atoms with Gasteiger partial charge in [-0.1, -0.05) is 6.07 Å². The molecule has 162 valence electrons. The number of fused-ring (bicyclic) bond motifs is 1. The Morgan fingerprint density at radius 2 is 1.97 bits per heavy atom. The van der Waals surface area contributed by atoms with Gasteiger partial charge in [0.1, 0.15) is 0 Å². The van der Waals surface area contributed by atoms with Gasteiger partial charge in [0.05, 0.1) is 30.5 Å². The van der Waals surface area contributed by atoms with E-state index in [-0.39, 0.29) is 11.9 Å². The Morgan fingerprint density at radius 1 is 1.10 bits per heavy atom. The lowest BCUT2D eigenvalue weighted by atomic mass is 10.1. The van der Waals surface area contributed by atoms with E-state index in [0.29, 0.717) is 31.9 Å². The van der Waals surface area contributed by atoms with Gasteiger partial charge in [0.15, 0.2) is 11.5 Å². The average molecular weight is 422 g/mol. The molecule has 0 radical (unpaired) electrons. The summed E-state index contributed by atoms with van der Waals surface area (Å²) in [5, 5.41) is 8.87. The Balaban J connectivity index is 1.39. The molecule has 2 fully saturated rings. The number of aromatic nitrogens is 4. The third-order valence-corrected chi connectivity index (χ3v) is 6.12. The van der Waals surface area contributed by atoms with Crippen molar-refractivity contribution >= 4 is 11.6 Å². The summed E-state index contributed by atoms with van der Waals surface area (Å²) in [5.74, 6) is 0.887. The van der Waals surface area contributed by atoms with Crippen molar-refractivity contribution in [1.29, 1.82) is 0 Å². The molecule has 1 amide bonds. The lowest BCUT2D eigenvalue weighted by Gasteiger charge is -2.38. The fraction of sp³-hybridized carbons (Fsp3) is 0.455. The molecule has 0 spiro atoms. The number of ether oxygens (including phenoxy) is 1. The molecule has 3 aromatic heterocycles. The monoisotopic (exact) mass is 421 g/mol. The van der Waals surface area contributed by atoms with Crippen LogP contribution in [0.15, 0.2) is 42.7 Å². The van der Waals surface area contributed by atoms with Gasteiger partial charge >= 0.3 is 0 Å². The van der Waals surface area contributed by atoms with Gasteiger partial charge < -0.3 is 9.64 Å². The van der Waals surface area contributed by atoms with Crippen LogP contribution in [0.2, 0.25) is 0 Å². The van der Waals surface area contributed by atoms with E-state index in [1.807, 2.05) is 46.0 Å². The molecular formula is C22H27N7O2. The normalized spacial score (nSPS) is 20.9. The first-order valence-corrected chi connectivity index (χ1v) is 10.7. The largest absolute Gasteiger partial charge is 0.378 e. The fourth-order valence-corrected chi connectivity index (χ4v) is 4.28. The van der Waals surface area contributed by atoms with Crippen LogP contribution < -0.4 is 0 Å². The highest BCUT2D eigenvalue weighted by Gasteiger charge is 2.30. The summed E-state index contributed by atoms with van der Waals surface area (Å²) >= 11 is 0. The maximum atomic E-state index is 13.0. The van der Waals surface area contributed by atoms with Crippen LogP contribution in [0.5, 0.6) is 0 Å². The molecule has 0 N–H and O–H groups in total. The predicted molar refractivity (Wildman–Crippen MR) is 115 cm³/mol. The van der Waals surface area contributed by atoms with Crippen LogP contribution in [-0.4, -0.2) is 93.2 Å². The van der Waals surface area contributed by atoms with E-state index in [0.717, 1.165) is 43.3 Å². The third kappa shape index (κ3) is 4.16. The Kier molecular flexibility index (Phi) is 5.63. The molecule has 9 heteroatoms. The second kappa shape index (κ2) is 8.70. The van der Waals surface area contributed by atoms with Gasteiger partial charge in [-0.3, -0.25) is 24.0 Å². The van der Waals surface area contributed by atoms with Crippen LogP contribution in [0.1, 0.15) is 27.9 Å². The lowest BCUT2D eigenvalue weighted by Crippen LogP contribution is -2.46. The molecule has 3 aromatic rings. The first-order chi connectivity index (χ1) is 15.2. The SMILES string of the molecule is CN1CCN(Cc2ccccn2)CC1c1nnc2ccc(C(=O)N3CCOCC3)cn12. The van der Waals surface area contributed by atoms with Gasteiger partial charge in [-0.2, -0.15) is 0 Å². The van der Waals surface area contributed by atoms with Crippen LogP contribution in [0.4, 0.5) is 0 Å². The van der Waals surface area contributed by atoms with Gasteiger partial charge in [0.2, 0.25) is 0 Å². The average Bonchev–Trinajstić information content (AvgIpc) is 3.24. The van der Waals surface area contributed by atoms with Crippen molar-refractivity contribution in [2.24, 2.45) is 0 Å². The van der Waals surface area contributed by atoms with Gasteiger partial charge in [0, 0.05) is 51.7 Å². The zero-order chi connectivity index (χ0) is 21.2. The summed E-state index contributed by atoms with van der Waals surface area (Å²) in [6, 6.07) is 9.82. The first kappa shape index (κ1) is 20.0. The number of carbonyl (C=O) groups is 1. The molecular weight excluding hydrogens is 394 g/mol. The lowest BCUT2D eigenvalue weighted by molar-refractivity contribution is 0.0302. The van der Waals surface area contributed by atoms with E-state index in [4.69, 9.17) is 4.74 Å². The third-order valence-electron chi connectivity index (χ3n) is 6.12. The van der Waals surface area contributed by atoms with E-state index in [9.17, 15) is 4.79 Å². The Hall–Kier alpha value is -2.88. The van der Waals surface area contributed by atoms with Crippen LogP contribution in [-0.2, 0) is 11.3 Å². The van der Waals surface area contributed by atoms with Crippen molar-refractivity contribution in [2.75, 3.05) is 53.0 Å². The first-order valence-electron chi connectivity index (χ1n) is 10.7. The maximum absolute atomic E-state index is 13.0. The van der Waals surface area contributed by atoms with Gasteiger partial charge in [-0.25, -0.2) is 0 Å². The molecule has 0 aliphatic carbocycles. The summed E-state index contributed by atoms with van der Waals surface area (Å²) in [6.45, 7) is 5.97. The number of nitrogens with zero attached hydrogens (tertiary/aromatic N) is 7. The molecule has 0 aromatic carbocycles. The summed E-state index contributed by atoms with van der Waals surface area (Å²) < 4.78 is 7.34. The number of carbonyl (C=O) groups excluding carboxylic acids is 1. The molecule has 31 heavy (non-hydrogen) atoms. The number of hydrogen-bond donors (Lipinski definition) is 0. The highest BCUT2D eigenvalue weighted by atomic mass is 16.5. The van der Waals surface area contributed by atoms with Crippen LogP contribution in [0.25, 0.3) is 5.65 Å². The van der Waals surface area contributed by atoms with Gasteiger partial charge in [-0.05, 0) is 31.3 Å². The van der Waals surface area contributed by atoms with E-state index in [2.05, 4.69) is 38.1 Å². The minimum atomic E-state index is 0.0265. The van der Waals surface area contributed by atoms with E-state index in [1.165, 1.54) is 0 Å². The highest BCUT2D eigenvalue weighted by Crippen LogP contribution is 2.24. The van der Waals surface area contributed by atoms with Crippen molar-refractivity contribution in [3.8, 4) is 0 Å². The molecule has 5 heterocycles. The number of hydrogen-bond acceptors (Lipinski definition) is 7. The fourth-order valence-electron chi connectivity index (χ4n) is 4.28. The number of amides is 1. The highest BCUT2D eigenvalue weighted by molar-refractivity contribution is 5.94.